The van der Waals surface area contributed by atoms with E-state index in [9.17, 15) is 9.90 Å². The number of rotatable bonds is 5. The van der Waals surface area contributed by atoms with E-state index >= 15 is 0 Å². The van der Waals surface area contributed by atoms with Crippen LogP contribution in [0, 0.1) is 3.57 Å². The molecule has 0 saturated heterocycles. The SMILES string of the molecule is O=C(NN=Cc1ccc(I)cc1)C(O)(c1ccccc1)c1ccccc1. The van der Waals surface area contributed by atoms with Gasteiger partial charge in [0.1, 0.15) is 0 Å². The van der Waals surface area contributed by atoms with Crippen molar-refractivity contribution in [3.63, 3.8) is 0 Å². The fraction of sp³-hybridized carbons (Fsp3) is 0.0476. The molecule has 0 aliphatic carbocycles. The van der Waals surface area contributed by atoms with Crippen molar-refractivity contribution in [1.82, 2.24) is 5.43 Å². The summed E-state index contributed by atoms with van der Waals surface area (Å²) < 4.78 is 1.12. The summed E-state index contributed by atoms with van der Waals surface area (Å²) in [5.74, 6) is -0.614. The van der Waals surface area contributed by atoms with E-state index in [0.29, 0.717) is 11.1 Å². The molecule has 0 heterocycles. The van der Waals surface area contributed by atoms with Crippen LogP contribution < -0.4 is 5.43 Å². The zero-order valence-corrected chi connectivity index (χ0v) is 16.0. The molecule has 26 heavy (non-hydrogen) atoms. The van der Waals surface area contributed by atoms with Gasteiger partial charge in [-0.05, 0) is 51.4 Å². The normalized spacial score (nSPS) is 11.5. The number of benzene rings is 3. The van der Waals surface area contributed by atoms with E-state index in [-0.39, 0.29) is 0 Å². The Bertz CT molecular complexity index is 855. The minimum Gasteiger partial charge on any atom is -0.372 e. The highest BCUT2D eigenvalue weighted by atomic mass is 127. The van der Waals surface area contributed by atoms with Crippen LogP contribution >= 0.6 is 22.6 Å². The monoisotopic (exact) mass is 456 g/mol. The fourth-order valence-corrected chi connectivity index (χ4v) is 2.94. The lowest BCUT2D eigenvalue weighted by atomic mass is 9.85. The first-order chi connectivity index (χ1) is 12.6. The minimum atomic E-state index is -1.83. The molecule has 0 aliphatic heterocycles. The van der Waals surface area contributed by atoms with Crippen LogP contribution in [0.3, 0.4) is 0 Å². The maximum atomic E-state index is 12.8. The van der Waals surface area contributed by atoms with Crippen LogP contribution in [0.25, 0.3) is 0 Å². The summed E-state index contributed by atoms with van der Waals surface area (Å²) in [6.07, 6.45) is 1.55. The zero-order chi connectivity index (χ0) is 18.4. The van der Waals surface area contributed by atoms with Crippen LogP contribution in [0.1, 0.15) is 16.7 Å². The van der Waals surface area contributed by atoms with E-state index in [1.807, 2.05) is 36.4 Å². The summed E-state index contributed by atoms with van der Waals surface area (Å²) in [4.78, 5) is 12.8. The third-order valence-corrected chi connectivity index (χ3v) is 4.68. The molecule has 0 aliphatic rings. The first-order valence-electron chi connectivity index (χ1n) is 8.03. The maximum Gasteiger partial charge on any atom is 0.281 e. The standard InChI is InChI=1S/C21H17IN2O2/c22-19-13-11-16(12-14-19)15-23-24-20(25)21(26,17-7-3-1-4-8-17)18-9-5-2-6-10-18/h1-15,26H,(H,24,25). The first kappa shape index (κ1) is 18.3. The topological polar surface area (TPSA) is 61.7 Å². The molecule has 0 bridgehead atoms. The van der Waals surface area contributed by atoms with Crippen molar-refractivity contribution in [2.24, 2.45) is 5.10 Å². The van der Waals surface area contributed by atoms with E-state index in [0.717, 1.165) is 9.13 Å². The predicted octanol–water partition coefficient (Wildman–Crippen LogP) is 3.68. The van der Waals surface area contributed by atoms with Crippen LogP contribution in [0.5, 0.6) is 0 Å². The Kier molecular flexibility index (Phi) is 5.80. The lowest BCUT2D eigenvalue weighted by Crippen LogP contribution is -2.43. The van der Waals surface area contributed by atoms with Gasteiger partial charge in [-0.3, -0.25) is 4.79 Å². The Labute approximate surface area is 165 Å². The number of hydrogen-bond donors (Lipinski definition) is 2. The lowest BCUT2D eigenvalue weighted by Gasteiger charge is -2.27. The minimum absolute atomic E-state index is 0.480. The fourth-order valence-electron chi connectivity index (χ4n) is 2.58. The van der Waals surface area contributed by atoms with Crippen molar-refractivity contribution in [2.45, 2.75) is 5.60 Å². The number of carbonyl (C=O) groups is 1. The van der Waals surface area contributed by atoms with E-state index < -0.39 is 11.5 Å². The Hall–Kier alpha value is -2.51. The van der Waals surface area contributed by atoms with Gasteiger partial charge in [0.15, 0.2) is 5.60 Å². The van der Waals surface area contributed by atoms with Gasteiger partial charge in [0.05, 0.1) is 6.21 Å². The summed E-state index contributed by atoms with van der Waals surface area (Å²) in [6.45, 7) is 0. The first-order valence-corrected chi connectivity index (χ1v) is 9.11. The molecular formula is C21H17IN2O2. The number of hydrogen-bond acceptors (Lipinski definition) is 3. The largest absolute Gasteiger partial charge is 0.372 e. The predicted molar refractivity (Wildman–Crippen MR) is 111 cm³/mol. The molecule has 130 valence electrons. The summed E-state index contributed by atoms with van der Waals surface area (Å²) in [7, 11) is 0. The molecule has 0 aromatic heterocycles. The number of aliphatic hydroxyl groups is 1. The molecule has 1 amide bonds. The third kappa shape index (κ3) is 4.00. The molecule has 0 spiro atoms. The molecule has 0 atom stereocenters. The van der Waals surface area contributed by atoms with Gasteiger partial charge >= 0.3 is 0 Å². The Balaban J connectivity index is 1.87. The van der Waals surface area contributed by atoms with Gasteiger partial charge in [-0.25, -0.2) is 5.43 Å². The average Bonchev–Trinajstić information content (AvgIpc) is 2.70. The molecule has 0 fully saturated rings. The number of nitrogens with zero attached hydrogens (tertiary/aromatic N) is 1. The molecule has 0 radical (unpaired) electrons. The summed E-state index contributed by atoms with van der Waals surface area (Å²) in [6, 6.07) is 25.4. The zero-order valence-electron chi connectivity index (χ0n) is 13.8. The molecule has 5 heteroatoms. The molecule has 0 saturated carbocycles. The van der Waals surface area contributed by atoms with Gasteiger partial charge in [0.25, 0.3) is 5.91 Å². The molecule has 3 aromatic carbocycles. The maximum absolute atomic E-state index is 12.8. The second-order valence-corrected chi connectivity index (χ2v) is 6.94. The Morgan fingerprint density at radius 3 is 1.88 bits per heavy atom. The van der Waals surface area contributed by atoms with Crippen LogP contribution in [-0.2, 0) is 10.4 Å². The van der Waals surface area contributed by atoms with E-state index in [1.54, 1.807) is 54.7 Å². The quantitative estimate of drug-likeness (QED) is 0.350. The van der Waals surface area contributed by atoms with Gasteiger partial charge in [-0.2, -0.15) is 5.10 Å². The van der Waals surface area contributed by atoms with E-state index in [1.165, 1.54) is 0 Å². The number of hydrazone groups is 1. The number of carbonyl (C=O) groups excluding carboxylic acids is 1. The van der Waals surface area contributed by atoms with Crippen LogP contribution in [-0.4, -0.2) is 17.2 Å². The second-order valence-electron chi connectivity index (χ2n) is 5.69. The highest BCUT2D eigenvalue weighted by molar-refractivity contribution is 14.1. The third-order valence-electron chi connectivity index (χ3n) is 3.96. The van der Waals surface area contributed by atoms with Gasteiger partial charge in [-0.1, -0.05) is 72.8 Å². The number of nitrogens with one attached hydrogen (secondary N) is 1. The van der Waals surface area contributed by atoms with E-state index in [2.05, 4.69) is 33.1 Å². The number of halogens is 1. The molecule has 3 rings (SSSR count). The molecule has 0 unspecified atom stereocenters. The Morgan fingerprint density at radius 1 is 0.885 bits per heavy atom. The van der Waals surface area contributed by atoms with Gasteiger partial charge in [-0.15, -0.1) is 0 Å². The average molecular weight is 456 g/mol. The molecule has 3 aromatic rings. The van der Waals surface area contributed by atoms with Crippen LogP contribution in [0.4, 0.5) is 0 Å². The second kappa shape index (κ2) is 8.25. The van der Waals surface area contributed by atoms with Gasteiger partial charge in [0, 0.05) is 3.57 Å². The summed E-state index contributed by atoms with van der Waals surface area (Å²) in [5.41, 5.74) is 2.45. The van der Waals surface area contributed by atoms with Crippen molar-refractivity contribution in [2.75, 3.05) is 0 Å². The highest BCUT2D eigenvalue weighted by Crippen LogP contribution is 2.29. The molecule has 2 N–H and O–H groups in total. The summed E-state index contributed by atoms with van der Waals surface area (Å²) in [5, 5.41) is 15.3. The van der Waals surface area contributed by atoms with Crippen LogP contribution in [0.2, 0.25) is 0 Å². The molecule has 4 nitrogen and oxygen atoms in total. The van der Waals surface area contributed by atoms with Crippen molar-refractivity contribution < 1.29 is 9.90 Å². The van der Waals surface area contributed by atoms with Crippen molar-refractivity contribution in [3.05, 3.63) is 105 Å². The summed E-state index contributed by atoms with van der Waals surface area (Å²) >= 11 is 2.22. The highest BCUT2D eigenvalue weighted by Gasteiger charge is 2.39. The number of amides is 1. The van der Waals surface area contributed by atoms with Crippen LogP contribution in [0.15, 0.2) is 90.0 Å². The van der Waals surface area contributed by atoms with Gasteiger partial charge < -0.3 is 5.11 Å². The van der Waals surface area contributed by atoms with Crippen molar-refractivity contribution in [3.8, 4) is 0 Å². The van der Waals surface area contributed by atoms with Crippen molar-refractivity contribution >= 4 is 34.7 Å². The molecular weight excluding hydrogens is 439 g/mol. The van der Waals surface area contributed by atoms with E-state index in [4.69, 9.17) is 0 Å². The van der Waals surface area contributed by atoms with Gasteiger partial charge in [0.2, 0.25) is 0 Å². The Morgan fingerprint density at radius 2 is 1.38 bits per heavy atom. The lowest BCUT2D eigenvalue weighted by molar-refractivity contribution is -0.136. The smallest absolute Gasteiger partial charge is 0.281 e. The van der Waals surface area contributed by atoms with Crippen molar-refractivity contribution in [1.29, 1.82) is 0 Å².